The van der Waals surface area contributed by atoms with Crippen LogP contribution in [0.4, 0.5) is 4.39 Å². The number of halogens is 1. The van der Waals surface area contributed by atoms with Crippen LogP contribution in [0, 0.1) is 18.7 Å². The van der Waals surface area contributed by atoms with Crippen molar-refractivity contribution in [3.05, 3.63) is 35.1 Å². The quantitative estimate of drug-likeness (QED) is 0.767. The number of rotatable bonds is 2. The second-order valence-corrected chi connectivity index (χ2v) is 4.19. The molecule has 0 saturated heterocycles. The summed E-state index contributed by atoms with van der Waals surface area (Å²) in [6, 6.07) is 4.63. The largest absolute Gasteiger partial charge is 0.385 e. The third kappa shape index (κ3) is 1.34. The molecule has 1 N–H and O–H groups in total. The predicted molar refractivity (Wildman–Crippen MR) is 53.4 cm³/mol. The third-order valence-corrected chi connectivity index (χ3v) is 3.23. The first kappa shape index (κ1) is 9.66. The van der Waals surface area contributed by atoms with Crippen LogP contribution in [0.3, 0.4) is 0 Å². The lowest BCUT2D eigenvalue weighted by Gasteiger charge is -2.13. The van der Waals surface area contributed by atoms with Crippen LogP contribution in [0.25, 0.3) is 0 Å². The highest BCUT2D eigenvalue weighted by Gasteiger charge is 2.53. The minimum atomic E-state index is -0.749. The number of aliphatic hydroxyl groups is 1. The highest BCUT2D eigenvalue weighted by atomic mass is 19.1. The first-order valence-corrected chi connectivity index (χ1v) is 5.07. The summed E-state index contributed by atoms with van der Waals surface area (Å²) in [5.41, 5.74) is 0.996. The van der Waals surface area contributed by atoms with Crippen LogP contribution in [-0.4, -0.2) is 5.11 Å². The van der Waals surface area contributed by atoms with Crippen molar-refractivity contribution in [3.63, 3.8) is 0 Å². The van der Waals surface area contributed by atoms with Crippen molar-refractivity contribution in [3.8, 4) is 0 Å². The van der Waals surface area contributed by atoms with Gasteiger partial charge in [-0.15, -0.1) is 0 Å². The third-order valence-electron chi connectivity index (χ3n) is 3.23. The Hall–Kier alpha value is -0.890. The lowest BCUT2D eigenvalue weighted by atomic mass is 9.99. The van der Waals surface area contributed by atoms with Gasteiger partial charge in [-0.05, 0) is 42.5 Å². The van der Waals surface area contributed by atoms with E-state index in [-0.39, 0.29) is 5.82 Å². The maximum absolute atomic E-state index is 13.0. The first-order chi connectivity index (χ1) is 6.58. The van der Waals surface area contributed by atoms with E-state index in [0.29, 0.717) is 5.92 Å². The van der Waals surface area contributed by atoms with Gasteiger partial charge in [0.15, 0.2) is 0 Å². The Kier molecular flexibility index (Phi) is 2.11. The van der Waals surface area contributed by atoms with Crippen molar-refractivity contribution in [1.29, 1.82) is 0 Å². The van der Waals surface area contributed by atoms with Gasteiger partial charge in [0, 0.05) is 0 Å². The van der Waals surface area contributed by atoms with Gasteiger partial charge in [-0.3, -0.25) is 0 Å². The summed E-state index contributed by atoms with van der Waals surface area (Å²) in [5, 5.41) is 10.2. The molecule has 2 unspecified atom stereocenters. The maximum Gasteiger partial charge on any atom is 0.123 e. The lowest BCUT2D eigenvalue weighted by molar-refractivity contribution is 0.129. The van der Waals surface area contributed by atoms with E-state index >= 15 is 0 Å². The lowest BCUT2D eigenvalue weighted by Crippen LogP contribution is -2.10. The van der Waals surface area contributed by atoms with E-state index in [0.717, 1.165) is 24.0 Å². The Bertz CT molecular complexity index is 361. The van der Waals surface area contributed by atoms with Crippen molar-refractivity contribution >= 4 is 0 Å². The Morgan fingerprint density at radius 2 is 2.29 bits per heavy atom. The van der Waals surface area contributed by atoms with Gasteiger partial charge >= 0.3 is 0 Å². The van der Waals surface area contributed by atoms with Crippen LogP contribution < -0.4 is 0 Å². The topological polar surface area (TPSA) is 20.2 Å². The normalized spacial score (nSPS) is 30.4. The molecule has 2 rings (SSSR count). The van der Waals surface area contributed by atoms with E-state index in [1.165, 1.54) is 12.1 Å². The summed E-state index contributed by atoms with van der Waals surface area (Å²) in [6.07, 6.45) is 1.72. The molecule has 14 heavy (non-hydrogen) atoms. The van der Waals surface area contributed by atoms with Gasteiger partial charge in [0.05, 0.1) is 5.60 Å². The fraction of sp³-hybridized carbons (Fsp3) is 0.500. The highest BCUT2D eigenvalue weighted by molar-refractivity contribution is 5.36. The molecule has 1 aliphatic rings. The van der Waals surface area contributed by atoms with Crippen molar-refractivity contribution in [2.24, 2.45) is 5.92 Å². The maximum atomic E-state index is 13.0. The molecule has 0 aliphatic heterocycles. The van der Waals surface area contributed by atoms with Crippen LogP contribution in [0.5, 0.6) is 0 Å². The fourth-order valence-corrected chi connectivity index (χ4v) is 2.19. The molecule has 0 bridgehead atoms. The van der Waals surface area contributed by atoms with Gasteiger partial charge in [0.25, 0.3) is 0 Å². The monoisotopic (exact) mass is 194 g/mol. The van der Waals surface area contributed by atoms with E-state index < -0.39 is 5.60 Å². The summed E-state index contributed by atoms with van der Waals surface area (Å²) in [6.45, 7) is 3.97. The molecule has 1 aromatic carbocycles. The van der Waals surface area contributed by atoms with Crippen molar-refractivity contribution < 1.29 is 9.50 Å². The zero-order valence-corrected chi connectivity index (χ0v) is 8.55. The van der Waals surface area contributed by atoms with Gasteiger partial charge in [0.1, 0.15) is 5.82 Å². The summed E-state index contributed by atoms with van der Waals surface area (Å²) in [5.74, 6) is 0.0452. The molecule has 0 amide bonds. The number of hydrogen-bond donors (Lipinski definition) is 1. The molecule has 0 radical (unpaired) electrons. The van der Waals surface area contributed by atoms with Crippen LogP contribution >= 0.6 is 0 Å². The van der Waals surface area contributed by atoms with E-state index in [2.05, 4.69) is 6.92 Å². The molecular weight excluding hydrogens is 179 g/mol. The molecule has 0 spiro atoms. The second-order valence-electron chi connectivity index (χ2n) is 4.19. The second kappa shape index (κ2) is 3.06. The fourth-order valence-electron chi connectivity index (χ4n) is 2.19. The van der Waals surface area contributed by atoms with Crippen LogP contribution in [0.15, 0.2) is 18.2 Å². The zero-order valence-electron chi connectivity index (χ0n) is 8.55. The van der Waals surface area contributed by atoms with Crippen LogP contribution in [0.1, 0.15) is 30.9 Å². The molecule has 1 nitrogen and oxygen atoms in total. The Labute approximate surface area is 83.6 Å². The number of hydrogen-bond acceptors (Lipinski definition) is 1. The van der Waals surface area contributed by atoms with Gasteiger partial charge in [-0.1, -0.05) is 19.4 Å². The average Bonchev–Trinajstić information content (AvgIpc) is 2.83. The van der Waals surface area contributed by atoms with E-state index in [4.69, 9.17) is 0 Å². The average molecular weight is 194 g/mol. The Balaban J connectivity index is 2.38. The number of benzene rings is 1. The molecule has 76 valence electrons. The molecule has 0 aromatic heterocycles. The Morgan fingerprint density at radius 1 is 1.57 bits per heavy atom. The zero-order chi connectivity index (χ0) is 10.3. The van der Waals surface area contributed by atoms with Gasteiger partial charge in [-0.2, -0.15) is 0 Å². The molecule has 2 atom stereocenters. The van der Waals surface area contributed by atoms with Crippen molar-refractivity contribution in [2.45, 2.75) is 32.3 Å². The molecule has 1 fully saturated rings. The molecule has 1 aliphatic carbocycles. The molecule has 1 saturated carbocycles. The predicted octanol–water partition coefficient (Wildman–Crippen LogP) is 2.75. The van der Waals surface area contributed by atoms with Gasteiger partial charge in [0.2, 0.25) is 0 Å². The summed E-state index contributed by atoms with van der Waals surface area (Å²) < 4.78 is 13.0. The molecular formula is C12H15FO. The highest BCUT2D eigenvalue weighted by Crippen LogP contribution is 2.54. The Morgan fingerprint density at radius 3 is 2.86 bits per heavy atom. The molecule has 0 heterocycles. The molecule has 2 heteroatoms. The minimum absolute atomic E-state index is 0.263. The van der Waals surface area contributed by atoms with Crippen molar-refractivity contribution in [2.75, 3.05) is 0 Å². The summed E-state index contributed by atoms with van der Waals surface area (Å²) in [4.78, 5) is 0. The van der Waals surface area contributed by atoms with E-state index in [1.807, 2.05) is 6.92 Å². The summed E-state index contributed by atoms with van der Waals surface area (Å²) >= 11 is 0. The molecule has 1 aromatic rings. The van der Waals surface area contributed by atoms with Crippen molar-refractivity contribution in [1.82, 2.24) is 0 Å². The number of aryl methyl sites for hydroxylation is 1. The summed E-state index contributed by atoms with van der Waals surface area (Å²) in [7, 11) is 0. The SMILES string of the molecule is CCC1CC1(O)c1cc(F)ccc1C. The smallest absolute Gasteiger partial charge is 0.123 e. The standard InChI is InChI=1S/C12H15FO/c1-3-9-7-12(9,14)11-6-10(13)5-4-8(11)2/h4-6,9,14H,3,7H2,1-2H3. The van der Waals surface area contributed by atoms with E-state index in [1.54, 1.807) is 6.07 Å². The van der Waals surface area contributed by atoms with Gasteiger partial charge < -0.3 is 5.11 Å². The minimum Gasteiger partial charge on any atom is -0.385 e. The van der Waals surface area contributed by atoms with Crippen LogP contribution in [0.2, 0.25) is 0 Å². The van der Waals surface area contributed by atoms with Crippen LogP contribution in [-0.2, 0) is 5.60 Å². The first-order valence-electron chi connectivity index (χ1n) is 5.07. The van der Waals surface area contributed by atoms with Gasteiger partial charge in [-0.25, -0.2) is 4.39 Å². The van der Waals surface area contributed by atoms with E-state index in [9.17, 15) is 9.50 Å².